The molecule has 3 aromatic rings. The molecule has 2 atom stereocenters. The van der Waals surface area contributed by atoms with Gasteiger partial charge in [0, 0.05) is 18.0 Å². The Morgan fingerprint density at radius 2 is 1.84 bits per heavy atom. The first-order valence-electron chi connectivity index (χ1n) is 11.7. The molecule has 2 heterocycles. The van der Waals surface area contributed by atoms with Gasteiger partial charge < -0.3 is 19.5 Å². The Morgan fingerprint density at radius 1 is 1.03 bits per heavy atom. The lowest BCUT2D eigenvalue weighted by Crippen LogP contribution is -2.45. The van der Waals surface area contributed by atoms with Crippen molar-refractivity contribution in [2.24, 2.45) is 10.9 Å². The van der Waals surface area contributed by atoms with Crippen molar-refractivity contribution in [1.82, 2.24) is 10.3 Å². The van der Waals surface area contributed by atoms with Crippen molar-refractivity contribution in [3.63, 3.8) is 0 Å². The van der Waals surface area contributed by atoms with Crippen LogP contribution in [0.3, 0.4) is 0 Å². The van der Waals surface area contributed by atoms with Gasteiger partial charge in [-0.1, -0.05) is 30.3 Å². The number of nitrogens with one attached hydrogen (secondary N) is 1. The number of methoxy groups -OCH3 is 2. The highest BCUT2D eigenvalue weighted by Gasteiger charge is 2.39. The van der Waals surface area contributed by atoms with E-state index in [1.54, 1.807) is 49.7 Å². The van der Waals surface area contributed by atoms with E-state index >= 15 is 0 Å². The summed E-state index contributed by atoms with van der Waals surface area (Å²) in [5.41, 5.74) is 3.18. The number of ether oxygens (including phenoxy) is 3. The van der Waals surface area contributed by atoms with E-state index in [-0.39, 0.29) is 6.61 Å². The first-order valence-corrected chi connectivity index (χ1v) is 11.7. The first-order chi connectivity index (χ1) is 18.0. The monoisotopic (exact) mass is 498 g/mol. The quantitative estimate of drug-likeness (QED) is 0.439. The lowest BCUT2D eigenvalue weighted by atomic mass is 9.85. The number of aromatic nitrogens is 1. The van der Waals surface area contributed by atoms with Crippen LogP contribution in [0, 0.1) is 17.2 Å². The van der Waals surface area contributed by atoms with Crippen LogP contribution in [0.1, 0.15) is 34.7 Å². The van der Waals surface area contributed by atoms with E-state index in [4.69, 9.17) is 19.5 Å². The molecule has 9 heteroatoms. The van der Waals surface area contributed by atoms with Crippen molar-refractivity contribution in [1.29, 1.82) is 5.26 Å². The predicted molar refractivity (Wildman–Crippen MR) is 135 cm³/mol. The van der Waals surface area contributed by atoms with Gasteiger partial charge in [-0.2, -0.15) is 5.26 Å². The molecule has 0 saturated carbocycles. The number of aryl methyl sites for hydroxylation is 1. The van der Waals surface area contributed by atoms with E-state index in [1.165, 1.54) is 7.11 Å². The number of aliphatic imine (C=N–C) groups is 1. The van der Waals surface area contributed by atoms with Gasteiger partial charge in [0.1, 0.15) is 18.3 Å². The molecule has 2 amide bonds. The van der Waals surface area contributed by atoms with Crippen molar-refractivity contribution < 1.29 is 23.8 Å². The van der Waals surface area contributed by atoms with Gasteiger partial charge in [-0.3, -0.25) is 4.79 Å². The maximum Gasteiger partial charge on any atom is 0.341 e. The van der Waals surface area contributed by atoms with E-state index in [9.17, 15) is 9.59 Å². The number of hydrogen-bond donors (Lipinski definition) is 1. The van der Waals surface area contributed by atoms with E-state index in [0.717, 1.165) is 11.3 Å². The van der Waals surface area contributed by atoms with Crippen LogP contribution in [0.25, 0.3) is 0 Å². The van der Waals surface area contributed by atoms with Crippen LogP contribution in [-0.4, -0.2) is 36.9 Å². The lowest BCUT2D eigenvalue weighted by Gasteiger charge is -2.31. The molecule has 0 spiro atoms. The minimum atomic E-state index is -0.863. The Morgan fingerprint density at radius 3 is 2.57 bits per heavy atom. The summed E-state index contributed by atoms with van der Waals surface area (Å²) in [7, 11) is 3.11. The van der Waals surface area contributed by atoms with E-state index in [2.05, 4.69) is 21.4 Å². The number of benzene rings is 2. The number of nitriles is 1. The number of hydrogen-bond acceptors (Lipinski definition) is 7. The number of esters is 1. The molecule has 1 N–H and O–H groups in total. The summed E-state index contributed by atoms with van der Waals surface area (Å²) in [6, 6.07) is 18.7. The minimum Gasteiger partial charge on any atom is -0.497 e. The van der Waals surface area contributed by atoms with Crippen LogP contribution >= 0.6 is 0 Å². The second-order valence-electron chi connectivity index (χ2n) is 8.41. The molecule has 1 aliphatic heterocycles. The molecule has 2 aromatic carbocycles. The first kappa shape index (κ1) is 25.4. The Bertz CT molecular complexity index is 1350. The molecule has 1 aromatic heterocycles. The molecular formula is C28H26N4O5. The second-order valence-corrected chi connectivity index (χ2v) is 8.41. The highest BCUT2D eigenvalue weighted by Crippen LogP contribution is 2.30. The van der Waals surface area contributed by atoms with Gasteiger partial charge in [-0.05, 0) is 53.8 Å². The summed E-state index contributed by atoms with van der Waals surface area (Å²) in [6.45, 7) is -0.0183. The van der Waals surface area contributed by atoms with Gasteiger partial charge >= 0.3 is 12.0 Å². The number of carbonyl (C=O) groups is 2. The molecule has 188 valence electrons. The van der Waals surface area contributed by atoms with Crippen molar-refractivity contribution in [2.75, 3.05) is 14.2 Å². The zero-order valence-electron chi connectivity index (χ0n) is 20.5. The molecule has 37 heavy (non-hydrogen) atoms. The van der Waals surface area contributed by atoms with Crippen LogP contribution in [0.15, 0.2) is 71.9 Å². The predicted octanol–water partition coefficient (Wildman–Crippen LogP) is 4.17. The van der Waals surface area contributed by atoms with Gasteiger partial charge in [-0.15, -0.1) is 0 Å². The second kappa shape index (κ2) is 11.8. The number of pyridine rings is 1. The zero-order chi connectivity index (χ0) is 26.2. The molecule has 0 bridgehead atoms. The topological polar surface area (TPSA) is 123 Å². The molecule has 0 saturated heterocycles. The summed E-state index contributed by atoms with van der Waals surface area (Å²) >= 11 is 0. The van der Waals surface area contributed by atoms with Crippen LogP contribution in [0.5, 0.6) is 11.6 Å². The van der Waals surface area contributed by atoms with E-state index < -0.39 is 24.0 Å². The fourth-order valence-corrected chi connectivity index (χ4v) is 4.17. The van der Waals surface area contributed by atoms with Crippen molar-refractivity contribution in [3.8, 4) is 17.7 Å². The molecule has 4 rings (SSSR count). The van der Waals surface area contributed by atoms with Gasteiger partial charge in [0.25, 0.3) is 0 Å². The number of carbonyl (C=O) groups excluding carboxylic acids is 2. The molecule has 0 fully saturated rings. The van der Waals surface area contributed by atoms with Crippen molar-refractivity contribution in [3.05, 3.63) is 89.1 Å². The van der Waals surface area contributed by atoms with Crippen LogP contribution in [0.4, 0.5) is 4.79 Å². The molecule has 2 unspecified atom stereocenters. The number of nitrogens with zero attached hydrogens (tertiary/aromatic N) is 3. The zero-order valence-corrected chi connectivity index (χ0v) is 20.5. The van der Waals surface area contributed by atoms with Crippen LogP contribution < -0.4 is 14.8 Å². The molecule has 1 aliphatic rings. The maximum absolute atomic E-state index is 13.5. The summed E-state index contributed by atoms with van der Waals surface area (Å²) in [6.07, 6.45) is 2.47. The fraction of sp³-hybridized carbons (Fsp3) is 0.250. The Hall–Kier alpha value is -4.71. The van der Waals surface area contributed by atoms with E-state index in [1.807, 2.05) is 24.3 Å². The highest BCUT2D eigenvalue weighted by molar-refractivity contribution is 6.09. The van der Waals surface area contributed by atoms with Gasteiger partial charge in [0.05, 0.1) is 31.9 Å². The van der Waals surface area contributed by atoms with Crippen molar-refractivity contribution >= 4 is 17.7 Å². The smallest absolute Gasteiger partial charge is 0.341 e. The third-order valence-corrected chi connectivity index (χ3v) is 6.04. The SMILES string of the molecule is COc1cccc(CCC2=NC(=O)NC(c3ccc(OC)nc3)C2C(=O)OCc2cccc(C#N)c2)c1. The average molecular weight is 499 g/mol. The molecule has 0 aliphatic carbocycles. The van der Waals surface area contributed by atoms with Crippen molar-refractivity contribution in [2.45, 2.75) is 25.5 Å². The summed E-state index contributed by atoms with van der Waals surface area (Å²) in [5, 5.41) is 11.9. The summed E-state index contributed by atoms with van der Waals surface area (Å²) in [4.78, 5) is 34.5. The van der Waals surface area contributed by atoms with E-state index in [0.29, 0.717) is 41.1 Å². The summed E-state index contributed by atoms with van der Waals surface area (Å²) < 4.78 is 16.1. The van der Waals surface area contributed by atoms with Crippen LogP contribution in [0.2, 0.25) is 0 Å². The van der Waals surface area contributed by atoms with Gasteiger partial charge in [-0.25, -0.2) is 14.8 Å². The number of amides is 2. The highest BCUT2D eigenvalue weighted by atomic mass is 16.5. The summed E-state index contributed by atoms with van der Waals surface area (Å²) in [5.74, 6) is -0.266. The Labute approximate surface area is 214 Å². The number of rotatable bonds is 9. The maximum atomic E-state index is 13.5. The minimum absolute atomic E-state index is 0.0183. The largest absolute Gasteiger partial charge is 0.497 e. The normalized spacial score (nSPS) is 16.7. The fourth-order valence-electron chi connectivity index (χ4n) is 4.17. The Balaban J connectivity index is 1.60. The standard InChI is InChI=1S/C28H26N4O5/c1-35-22-8-4-5-18(14-22)9-11-23-25(27(33)37-17-20-7-3-6-19(13-20)15-29)26(32-28(34)31-23)21-10-12-24(36-2)30-16-21/h3-8,10,12-14,16,25-26H,9,11,17H2,1-2H3,(H,32,34). The molecule has 9 nitrogen and oxygen atoms in total. The molecule has 0 radical (unpaired) electrons. The Kier molecular flexibility index (Phi) is 8.11. The average Bonchev–Trinajstić information content (AvgIpc) is 2.94. The van der Waals surface area contributed by atoms with Gasteiger partial charge in [0.15, 0.2) is 0 Å². The number of urea groups is 1. The van der Waals surface area contributed by atoms with Crippen LogP contribution in [-0.2, 0) is 22.6 Å². The molecular weight excluding hydrogens is 472 g/mol. The third kappa shape index (κ3) is 6.30. The lowest BCUT2D eigenvalue weighted by molar-refractivity contribution is -0.148. The van der Waals surface area contributed by atoms with Gasteiger partial charge in [0.2, 0.25) is 5.88 Å². The third-order valence-electron chi connectivity index (χ3n) is 6.04.